The molecule has 106 valence electrons. The number of aliphatic hydroxyl groups excluding tert-OH is 1. The Bertz CT molecular complexity index is 548. The summed E-state index contributed by atoms with van der Waals surface area (Å²) < 4.78 is 5.38. The van der Waals surface area contributed by atoms with Crippen LogP contribution in [0.3, 0.4) is 0 Å². The summed E-state index contributed by atoms with van der Waals surface area (Å²) in [5, 5.41) is 10.9. The van der Waals surface area contributed by atoms with E-state index in [0.29, 0.717) is 23.1 Å². The van der Waals surface area contributed by atoms with Gasteiger partial charge in [0, 0.05) is 27.4 Å². The van der Waals surface area contributed by atoms with Crippen LogP contribution < -0.4 is 4.74 Å². The van der Waals surface area contributed by atoms with Gasteiger partial charge in [-0.1, -0.05) is 11.6 Å². The van der Waals surface area contributed by atoms with Crippen molar-refractivity contribution in [1.82, 2.24) is 4.98 Å². The van der Waals surface area contributed by atoms with Gasteiger partial charge in [0.1, 0.15) is 5.75 Å². The maximum Gasteiger partial charge on any atom is 0.137 e. The van der Waals surface area contributed by atoms with Gasteiger partial charge in [-0.3, -0.25) is 4.98 Å². The molecule has 0 aliphatic rings. The predicted octanol–water partition coefficient (Wildman–Crippen LogP) is 3.96. The van der Waals surface area contributed by atoms with Crippen LogP contribution in [0.2, 0.25) is 5.02 Å². The van der Waals surface area contributed by atoms with Crippen molar-refractivity contribution in [2.75, 3.05) is 12.4 Å². The first-order valence-corrected chi connectivity index (χ1v) is 7.69. The lowest BCUT2D eigenvalue weighted by Gasteiger charge is -2.11. The minimum absolute atomic E-state index is 0.554. The Balaban J connectivity index is 1.95. The van der Waals surface area contributed by atoms with Crippen LogP contribution in [0.25, 0.3) is 0 Å². The number of pyridine rings is 1. The highest BCUT2D eigenvalue weighted by Crippen LogP contribution is 2.26. The summed E-state index contributed by atoms with van der Waals surface area (Å²) in [6.45, 7) is 2.50. The highest BCUT2D eigenvalue weighted by atomic mass is 35.5. The molecule has 1 unspecified atom stereocenters. The number of benzene rings is 1. The summed E-state index contributed by atoms with van der Waals surface area (Å²) >= 11 is 7.41. The van der Waals surface area contributed by atoms with Gasteiger partial charge in [-0.05, 0) is 37.3 Å². The summed E-state index contributed by atoms with van der Waals surface area (Å²) in [6.07, 6.45) is 2.73. The third-order valence-electron chi connectivity index (χ3n) is 2.65. The van der Waals surface area contributed by atoms with E-state index in [1.807, 2.05) is 37.3 Å². The maximum absolute atomic E-state index is 10.2. The lowest BCUT2D eigenvalue weighted by atomic mass is 10.2. The van der Waals surface area contributed by atoms with Gasteiger partial charge in [-0.2, -0.15) is 0 Å². The maximum atomic E-state index is 10.2. The normalized spacial score (nSPS) is 12.2. The Morgan fingerprint density at radius 3 is 2.75 bits per heavy atom. The van der Waals surface area contributed by atoms with Crippen molar-refractivity contribution in [2.45, 2.75) is 17.9 Å². The minimum Gasteiger partial charge on any atom is -0.492 e. The first-order chi connectivity index (χ1) is 9.69. The Morgan fingerprint density at radius 1 is 1.30 bits per heavy atom. The fourth-order valence-electron chi connectivity index (χ4n) is 1.67. The average Bonchev–Trinajstić information content (AvgIpc) is 2.47. The van der Waals surface area contributed by atoms with Gasteiger partial charge >= 0.3 is 0 Å². The number of nitrogens with zero attached hydrogens (tertiary/aromatic N) is 1. The molecule has 2 rings (SSSR count). The van der Waals surface area contributed by atoms with Crippen molar-refractivity contribution in [3.05, 3.63) is 53.3 Å². The summed E-state index contributed by atoms with van der Waals surface area (Å²) in [5.41, 5.74) is 0.761. The molecule has 0 aliphatic heterocycles. The van der Waals surface area contributed by atoms with Crippen LogP contribution in [0.5, 0.6) is 5.75 Å². The van der Waals surface area contributed by atoms with Gasteiger partial charge in [0.25, 0.3) is 0 Å². The lowest BCUT2D eigenvalue weighted by molar-refractivity contribution is 0.203. The minimum atomic E-state index is -0.580. The third-order valence-corrected chi connectivity index (χ3v) is 3.99. The topological polar surface area (TPSA) is 42.4 Å². The molecule has 0 aliphatic carbocycles. The van der Waals surface area contributed by atoms with Gasteiger partial charge in [0.2, 0.25) is 0 Å². The highest BCUT2D eigenvalue weighted by molar-refractivity contribution is 7.99. The first-order valence-electron chi connectivity index (χ1n) is 6.33. The van der Waals surface area contributed by atoms with Crippen molar-refractivity contribution in [3.8, 4) is 5.75 Å². The summed E-state index contributed by atoms with van der Waals surface area (Å²) in [5.74, 6) is 1.24. The van der Waals surface area contributed by atoms with Crippen molar-refractivity contribution in [2.24, 2.45) is 0 Å². The smallest absolute Gasteiger partial charge is 0.137 e. The summed E-state index contributed by atoms with van der Waals surface area (Å²) in [6, 6.07) is 9.38. The van der Waals surface area contributed by atoms with E-state index in [1.165, 1.54) is 0 Å². The summed E-state index contributed by atoms with van der Waals surface area (Å²) in [7, 11) is 0. The Kier molecular flexibility index (Phi) is 5.71. The molecule has 5 heteroatoms. The van der Waals surface area contributed by atoms with Gasteiger partial charge in [0.05, 0.1) is 18.9 Å². The number of rotatable bonds is 6. The molecular weight excluding hydrogens is 294 g/mol. The van der Waals surface area contributed by atoms with Crippen LogP contribution in [0, 0.1) is 0 Å². The molecule has 0 fully saturated rings. The van der Waals surface area contributed by atoms with Crippen LogP contribution in [0.4, 0.5) is 0 Å². The zero-order valence-corrected chi connectivity index (χ0v) is 12.7. The van der Waals surface area contributed by atoms with Crippen LogP contribution in [0.15, 0.2) is 47.6 Å². The van der Waals surface area contributed by atoms with Crippen LogP contribution in [-0.2, 0) is 0 Å². The molecule has 1 heterocycles. The van der Waals surface area contributed by atoms with Crippen molar-refractivity contribution in [3.63, 3.8) is 0 Å². The molecule has 3 nitrogen and oxygen atoms in total. The molecule has 1 aromatic heterocycles. The third kappa shape index (κ3) is 4.40. The number of aliphatic hydroxyl groups is 1. The van der Waals surface area contributed by atoms with E-state index < -0.39 is 6.10 Å². The highest BCUT2D eigenvalue weighted by Gasteiger charge is 2.10. The number of thioether (sulfide) groups is 1. The standard InChI is InChI=1S/C15H16ClNO2S/c1-2-19-13-7-11(8-17-9-13)15(18)10-20-14-5-3-12(16)4-6-14/h3-9,15,18H,2,10H2,1H3. The molecule has 0 spiro atoms. The van der Waals surface area contributed by atoms with E-state index in [1.54, 1.807) is 24.2 Å². The zero-order chi connectivity index (χ0) is 14.4. The van der Waals surface area contributed by atoms with E-state index in [0.717, 1.165) is 10.5 Å². The Labute approximate surface area is 128 Å². The Hall–Kier alpha value is -1.23. The van der Waals surface area contributed by atoms with Gasteiger partial charge in [-0.25, -0.2) is 0 Å². The van der Waals surface area contributed by atoms with Gasteiger partial charge < -0.3 is 9.84 Å². The molecule has 0 saturated carbocycles. The predicted molar refractivity (Wildman–Crippen MR) is 82.5 cm³/mol. The molecule has 2 aromatic rings. The van der Waals surface area contributed by atoms with E-state index >= 15 is 0 Å². The molecule has 1 aromatic carbocycles. The molecule has 1 atom stereocenters. The number of ether oxygens (including phenoxy) is 1. The van der Waals surface area contributed by atoms with Crippen LogP contribution in [-0.4, -0.2) is 22.5 Å². The molecule has 20 heavy (non-hydrogen) atoms. The second kappa shape index (κ2) is 7.53. The zero-order valence-electron chi connectivity index (χ0n) is 11.1. The molecule has 0 radical (unpaired) electrons. The second-order valence-electron chi connectivity index (χ2n) is 4.17. The van der Waals surface area contributed by atoms with Crippen LogP contribution in [0.1, 0.15) is 18.6 Å². The van der Waals surface area contributed by atoms with E-state index in [2.05, 4.69) is 4.98 Å². The van der Waals surface area contributed by atoms with E-state index in [-0.39, 0.29) is 0 Å². The Morgan fingerprint density at radius 2 is 2.05 bits per heavy atom. The number of aromatic nitrogens is 1. The lowest BCUT2D eigenvalue weighted by Crippen LogP contribution is -2.02. The van der Waals surface area contributed by atoms with Gasteiger partial charge in [0.15, 0.2) is 0 Å². The fourth-order valence-corrected chi connectivity index (χ4v) is 2.66. The van der Waals surface area contributed by atoms with Crippen LogP contribution >= 0.6 is 23.4 Å². The number of halogens is 1. The number of hydrogen-bond donors (Lipinski definition) is 1. The second-order valence-corrected chi connectivity index (χ2v) is 5.70. The van der Waals surface area contributed by atoms with Crippen molar-refractivity contribution >= 4 is 23.4 Å². The monoisotopic (exact) mass is 309 g/mol. The quantitative estimate of drug-likeness (QED) is 0.820. The SMILES string of the molecule is CCOc1cncc(C(O)CSc2ccc(Cl)cc2)c1. The van der Waals surface area contributed by atoms with E-state index in [4.69, 9.17) is 16.3 Å². The molecule has 0 amide bonds. The molecule has 0 bridgehead atoms. The van der Waals surface area contributed by atoms with Crippen molar-refractivity contribution in [1.29, 1.82) is 0 Å². The molecule has 1 N–H and O–H groups in total. The number of hydrogen-bond acceptors (Lipinski definition) is 4. The molecule has 0 saturated heterocycles. The largest absolute Gasteiger partial charge is 0.492 e. The van der Waals surface area contributed by atoms with E-state index in [9.17, 15) is 5.11 Å². The first kappa shape index (κ1) is 15.2. The summed E-state index contributed by atoms with van der Waals surface area (Å²) in [4.78, 5) is 5.15. The van der Waals surface area contributed by atoms with Gasteiger partial charge in [-0.15, -0.1) is 11.8 Å². The fraction of sp³-hybridized carbons (Fsp3) is 0.267. The van der Waals surface area contributed by atoms with Crippen molar-refractivity contribution < 1.29 is 9.84 Å². The molecular formula is C15H16ClNO2S. The average molecular weight is 310 g/mol.